The van der Waals surface area contributed by atoms with Crippen LogP contribution in [0.4, 0.5) is 4.39 Å². The van der Waals surface area contributed by atoms with Crippen LogP contribution in [0.25, 0.3) is 0 Å². The highest BCUT2D eigenvalue weighted by Gasteiger charge is 2.28. The average molecular weight is 302 g/mol. The summed E-state index contributed by atoms with van der Waals surface area (Å²) in [5, 5.41) is 0. The van der Waals surface area contributed by atoms with E-state index in [0.717, 1.165) is 36.6 Å². The van der Waals surface area contributed by atoms with Crippen molar-refractivity contribution in [2.24, 2.45) is 0 Å². The van der Waals surface area contributed by atoms with E-state index >= 15 is 0 Å². The number of hydrogen-bond acceptors (Lipinski definition) is 3. The first-order valence-corrected chi connectivity index (χ1v) is 7.88. The van der Waals surface area contributed by atoms with Crippen molar-refractivity contribution in [3.8, 4) is 0 Å². The molecule has 1 aliphatic heterocycles. The van der Waals surface area contributed by atoms with Crippen molar-refractivity contribution in [1.82, 2.24) is 9.88 Å². The summed E-state index contributed by atoms with van der Waals surface area (Å²) in [6, 6.07) is 7.17. The molecule has 0 amide bonds. The molecule has 118 valence electrons. The van der Waals surface area contributed by atoms with Crippen LogP contribution >= 0.6 is 0 Å². The smallest absolute Gasteiger partial charge is 0.208 e. The molecule has 0 N–H and O–H groups in total. The summed E-state index contributed by atoms with van der Waals surface area (Å²) in [5.41, 5.74) is 1.01. The lowest BCUT2D eigenvalue weighted by Crippen LogP contribution is -2.23. The second-order valence-electron chi connectivity index (χ2n) is 7.05. The van der Waals surface area contributed by atoms with E-state index in [-0.39, 0.29) is 17.3 Å². The lowest BCUT2D eigenvalue weighted by Gasteiger charge is -2.23. The standard InChI is InChI=1S/C18H23FN2O/c1-18(2,3)16-11-20-17(22-16)12-21-9-5-8-15(21)13-6-4-7-14(19)10-13/h4,6-7,10-11,15H,5,8-9,12H2,1-3H3/t15-/m1/s1. The molecule has 1 aliphatic rings. The Morgan fingerprint density at radius 1 is 1.36 bits per heavy atom. The Balaban J connectivity index is 1.75. The molecule has 0 bridgehead atoms. The molecule has 0 radical (unpaired) electrons. The quantitative estimate of drug-likeness (QED) is 0.839. The van der Waals surface area contributed by atoms with E-state index in [4.69, 9.17) is 4.42 Å². The lowest BCUT2D eigenvalue weighted by molar-refractivity contribution is 0.217. The van der Waals surface area contributed by atoms with Crippen molar-refractivity contribution in [2.45, 2.75) is 51.6 Å². The molecule has 3 rings (SSSR count). The van der Waals surface area contributed by atoms with Gasteiger partial charge in [0.1, 0.15) is 11.6 Å². The maximum Gasteiger partial charge on any atom is 0.208 e. The van der Waals surface area contributed by atoms with Crippen LogP contribution in [0.3, 0.4) is 0 Å². The predicted octanol–water partition coefficient (Wildman–Crippen LogP) is 4.45. The molecule has 1 atom stereocenters. The first-order valence-electron chi connectivity index (χ1n) is 7.88. The second-order valence-corrected chi connectivity index (χ2v) is 7.05. The Morgan fingerprint density at radius 2 is 2.18 bits per heavy atom. The van der Waals surface area contributed by atoms with Gasteiger partial charge < -0.3 is 4.42 Å². The number of benzene rings is 1. The zero-order valence-electron chi connectivity index (χ0n) is 13.5. The molecule has 1 aromatic heterocycles. The zero-order chi connectivity index (χ0) is 15.7. The third-order valence-corrected chi connectivity index (χ3v) is 4.23. The van der Waals surface area contributed by atoms with E-state index in [9.17, 15) is 4.39 Å². The fourth-order valence-electron chi connectivity index (χ4n) is 3.01. The lowest BCUT2D eigenvalue weighted by atomic mass is 9.94. The van der Waals surface area contributed by atoms with Crippen molar-refractivity contribution >= 4 is 0 Å². The van der Waals surface area contributed by atoms with Crippen LogP contribution in [0.2, 0.25) is 0 Å². The average Bonchev–Trinajstić information content (AvgIpc) is 3.08. The zero-order valence-corrected chi connectivity index (χ0v) is 13.5. The number of aromatic nitrogens is 1. The second kappa shape index (κ2) is 5.84. The van der Waals surface area contributed by atoms with Crippen molar-refractivity contribution in [3.05, 3.63) is 53.5 Å². The first kappa shape index (κ1) is 15.2. The molecule has 2 aromatic rings. The Morgan fingerprint density at radius 3 is 2.86 bits per heavy atom. The van der Waals surface area contributed by atoms with Gasteiger partial charge in [-0.2, -0.15) is 0 Å². The van der Waals surface area contributed by atoms with E-state index in [2.05, 4.69) is 30.7 Å². The molecule has 1 saturated heterocycles. The van der Waals surface area contributed by atoms with Crippen LogP contribution < -0.4 is 0 Å². The maximum absolute atomic E-state index is 13.5. The van der Waals surface area contributed by atoms with Crippen molar-refractivity contribution in [1.29, 1.82) is 0 Å². The molecule has 4 heteroatoms. The molecule has 1 aromatic carbocycles. The molecule has 0 saturated carbocycles. The normalized spacial score (nSPS) is 19.7. The molecule has 0 unspecified atom stereocenters. The summed E-state index contributed by atoms with van der Waals surface area (Å²) >= 11 is 0. The number of likely N-dealkylation sites (tertiary alicyclic amines) is 1. The molecule has 0 aliphatic carbocycles. The monoisotopic (exact) mass is 302 g/mol. The van der Waals surface area contributed by atoms with Crippen LogP contribution in [0.15, 0.2) is 34.9 Å². The summed E-state index contributed by atoms with van der Waals surface area (Å²) in [4.78, 5) is 6.74. The Kier molecular flexibility index (Phi) is 4.04. The van der Waals surface area contributed by atoms with Crippen LogP contribution in [-0.4, -0.2) is 16.4 Å². The summed E-state index contributed by atoms with van der Waals surface area (Å²) in [5.74, 6) is 1.48. The van der Waals surface area contributed by atoms with Gasteiger partial charge in [-0.15, -0.1) is 0 Å². The Hall–Kier alpha value is -1.68. The van der Waals surface area contributed by atoms with Crippen molar-refractivity contribution < 1.29 is 8.81 Å². The van der Waals surface area contributed by atoms with Crippen LogP contribution in [0, 0.1) is 5.82 Å². The van der Waals surface area contributed by atoms with Gasteiger partial charge in [-0.1, -0.05) is 32.9 Å². The third kappa shape index (κ3) is 3.22. The molecular formula is C18H23FN2O. The molecule has 22 heavy (non-hydrogen) atoms. The number of halogens is 1. The highest BCUT2D eigenvalue weighted by molar-refractivity contribution is 5.21. The highest BCUT2D eigenvalue weighted by atomic mass is 19.1. The van der Waals surface area contributed by atoms with E-state index in [0.29, 0.717) is 6.54 Å². The van der Waals surface area contributed by atoms with Gasteiger partial charge in [0.25, 0.3) is 0 Å². The van der Waals surface area contributed by atoms with E-state index in [1.165, 1.54) is 6.07 Å². The predicted molar refractivity (Wildman–Crippen MR) is 84.0 cm³/mol. The van der Waals surface area contributed by atoms with Gasteiger partial charge >= 0.3 is 0 Å². The molecule has 2 heterocycles. The van der Waals surface area contributed by atoms with E-state index in [1.54, 1.807) is 12.1 Å². The number of rotatable bonds is 3. The fourth-order valence-corrected chi connectivity index (χ4v) is 3.01. The van der Waals surface area contributed by atoms with Crippen LogP contribution in [0.1, 0.15) is 56.9 Å². The van der Waals surface area contributed by atoms with Gasteiger partial charge in [0, 0.05) is 11.5 Å². The summed E-state index contributed by atoms with van der Waals surface area (Å²) < 4.78 is 19.4. The topological polar surface area (TPSA) is 29.3 Å². The summed E-state index contributed by atoms with van der Waals surface area (Å²) in [7, 11) is 0. The Labute approximate surface area is 131 Å². The summed E-state index contributed by atoms with van der Waals surface area (Å²) in [6.07, 6.45) is 3.99. The van der Waals surface area contributed by atoms with Gasteiger partial charge in [-0.05, 0) is 37.1 Å². The highest BCUT2D eigenvalue weighted by Crippen LogP contribution is 2.33. The fraction of sp³-hybridized carbons (Fsp3) is 0.500. The van der Waals surface area contributed by atoms with Gasteiger partial charge in [-0.25, -0.2) is 9.37 Å². The number of oxazole rings is 1. The first-order chi connectivity index (χ1) is 10.4. The van der Waals surface area contributed by atoms with Crippen LogP contribution in [-0.2, 0) is 12.0 Å². The minimum Gasteiger partial charge on any atom is -0.444 e. The SMILES string of the molecule is CC(C)(C)c1cnc(CN2CCC[C@@H]2c2cccc(F)c2)o1. The van der Waals surface area contributed by atoms with E-state index in [1.807, 2.05) is 12.3 Å². The molecular weight excluding hydrogens is 279 g/mol. The number of nitrogens with zero attached hydrogens (tertiary/aromatic N) is 2. The molecule has 3 nitrogen and oxygen atoms in total. The molecule has 1 fully saturated rings. The number of hydrogen-bond donors (Lipinski definition) is 0. The van der Waals surface area contributed by atoms with Crippen molar-refractivity contribution in [3.63, 3.8) is 0 Å². The maximum atomic E-state index is 13.5. The van der Waals surface area contributed by atoms with Gasteiger partial charge in [0.05, 0.1) is 12.7 Å². The third-order valence-electron chi connectivity index (χ3n) is 4.23. The van der Waals surface area contributed by atoms with Gasteiger partial charge in [-0.3, -0.25) is 4.90 Å². The van der Waals surface area contributed by atoms with Crippen molar-refractivity contribution in [2.75, 3.05) is 6.54 Å². The minimum atomic E-state index is -0.171. The molecule has 0 spiro atoms. The van der Waals surface area contributed by atoms with Crippen LogP contribution in [0.5, 0.6) is 0 Å². The largest absolute Gasteiger partial charge is 0.444 e. The summed E-state index contributed by atoms with van der Waals surface area (Å²) in [6.45, 7) is 8.01. The Bertz CT molecular complexity index is 645. The van der Waals surface area contributed by atoms with Gasteiger partial charge in [0.15, 0.2) is 0 Å². The minimum absolute atomic E-state index is 0.0295. The van der Waals surface area contributed by atoms with E-state index < -0.39 is 0 Å². The van der Waals surface area contributed by atoms with Gasteiger partial charge in [0.2, 0.25) is 5.89 Å².